The standard InChI is InChI=1S/C4H7N3S/c1-3-4(8)6-7(2)5-3/h1-2H3,(H,6,8). The van der Waals surface area contributed by atoms with E-state index in [9.17, 15) is 0 Å². The van der Waals surface area contributed by atoms with Crippen molar-refractivity contribution in [3.63, 3.8) is 0 Å². The first-order valence-corrected chi connectivity index (χ1v) is 2.72. The Kier molecular flexibility index (Phi) is 1.25. The predicted octanol–water partition coefficient (Wildman–Crippen LogP) is 0.412. The lowest BCUT2D eigenvalue weighted by Gasteiger charge is -1.76. The molecule has 0 amide bonds. The molecule has 0 fully saturated rings. The van der Waals surface area contributed by atoms with E-state index in [1.807, 2.05) is 6.92 Å². The summed E-state index contributed by atoms with van der Waals surface area (Å²) in [5.41, 5.74) is 0.871. The topological polar surface area (TPSA) is 30.7 Å². The summed E-state index contributed by atoms with van der Waals surface area (Å²) in [5.74, 6) is 0. The zero-order valence-electron chi connectivity index (χ0n) is 4.79. The zero-order chi connectivity index (χ0) is 6.15. The number of hydrogen-bond acceptors (Lipinski definition) is 3. The van der Waals surface area contributed by atoms with Gasteiger partial charge < -0.3 is 0 Å². The van der Waals surface area contributed by atoms with Crippen LogP contribution in [0.3, 0.4) is 0 Å². The molecule has 8 heavy (non-hydrogen) atoms. The first-order chi connectivity index (χ1) is 3.70. The van der Waals surface area contributed by atoms with Crippen LogP contribution in [0.1, 0.15) is 5.69 Å². The van der Waals surface area contributed by atoms with E-state index in [1.54, 1.807) is 7.05 Å². The van der Waals surface area contributed by atoms with Crippen LogP contribution in [0.2, 0.25) is 0 Å². The third-order valence-electron chi connectivity index (χ3n) is 0.858. The van der Waals surface area contributed by atoms with Gasteiger partial charge in [0.15, 0.2) is 0 Å². The molecule has 0 bridgehead atoms. The van der Waals surface area contributed by atoms with Crippen LogP contribution >= 0.6 is 12.6 Å². The van der Waals surface area contributed by atoms with E-state index in [0.717, 1.165) is 5.69 Å². The molecule has 4 heteroatoms. The molecule has 0 aliphatic carbocycles. The van der Waals surface area contributed by atoms with E-state index in [4.69, 9.17) is 0 Å². The Labute approximate surface area is 53.1 Å². The Morgan fingerprint density at radius 2 is 2.12 bits per heavy atom. The molecule has 0 radical (unpaired) electrons. The van der Waals surface area contributed by atoms with Crippen molar-refractivity contribution >= 4 is 12.6 Å². The third-order valence-corrected chi connectivity index (χ3v) is 1.27. The van der Waals surface area contributed by atoms with Crippen molar-refractivity contribution < 1.29 is 0 Å². The number of rotatable bonds is 0. The molecule has 0 spiro atoms. The van der Waals surface area contributed by atoms with Crippen molar-refractivity contribution in [3.05, 3.63) is 5.69 Å². The number of aromatic nitrogens is 3. The molecule has 0 aliphatic rings. The van der Waals surface area contributed by atoms with Crippen molar-refractivity contribution in [3.8, 4) is 0 Å². The maximum Gasteiger partial charge on any atom is 0.138 e. The van der Waals surface area contributed by atoms with Crippen molar-refractivity contribution in [2.24, 2.45) is 7.05 Å². The summed E-state index contributed by atoms with van der Waals surface area (Å²) in [6.07, 6.45) is 0. The second-order valence-corrected chi connectivity index (χ2v) is 2.02. The summed E-state index contributed by atoms with van der Waals surface area (Å²) < 4.78 is 0. The second-order valence-electron chi connectivity index (χ2n) is 1.60. The minimum atomic E-state index is 0.701. The van der Waals surface area contributed by atoms with Gasteiger partial charge >= 0.3 is 0 Å². The molecule has 1 aromatic rings. The van der Waals surface area contributed by atoms with Gasteiger partial charge in [0.05, 0.1) is 5.69 Å². The molecule has 0 unspecified atom stereocenters. The summed E-state index contributed by atoms with van der Waals surface area (Å²) in [5, 5.41) is 8.52. The van der Waals surface area contributed by atoms with E-state index in [0.29, 0.717) is 5.03 Å². The average molecular weight is 129 g/mol. The molecule has 44 valence electrons. The van der Waals surface area contributed by atoms with Gasteiger partial charge in [-0.3, -0.25) is 0 Å². The van der Waals surface area contributed by atoms with Crippen LogP contribution < -0.4 is 0 Å². The lowest BCUT2D eigenvalue weighted by Crippen LogP contribution is -1.91. The summed E-state index contributed by atoms with van der Waals surface area (Å²) >= 11 is 4.02. The van der Waals surface area contributed by atoms with Gasteiger partial charge in [0.2, 0.25) is 0 Å². The first-order valence-electron chi connectivity index (χ1n) is 2.27. The van der Waals surface area contributed by atoms with Gasteiger partial charge in [0, 0.05) is 7.05 Å². The molecule has 0 saturated heterocycles. The summed E-state index contributed by atoms with van der Waals surface area (Å²) in [6, 6.07) is 0. The van der Waals surface area contributed by atoms with E-state index in [-0.39, 0.29) is 0 Å². The van der Waals surface area contributed by atoms with Gasteiger partial charge in [-0.05, 0) is 6.92 Å². The Hall–Kier alpha value is -0.510. The fourth-order valence-electron chi connectivity index (χ4n) is 0.494. The lowest BCUT2D eigenvalue weighted by atomic mass is 10.6. The number of aryl methyl sites for hydroxylation is 2. The Bertz CT molecular complexity index is 174. The van der Waals surface area contributed by atoms with Crippen LogP contribution in [0.5, 0.6) is 0 Å². The van der Waals surface area contributed by atoms with Gasteiger partial charge in [-0.1, -0.05) is 0 Å². The molecule has 1 heterocycles. The Morgan fingerprint density at radius 1 is 1.50 bits per heavy atom. The smallest absolute Gasteiger partial charge is 0.138 e. The largest absolute Gasteiger partial charge is 0.187 e. The molecule has 1 aromatic heterocycles. The zero-order valence-corrected chi connectivity index (χ0v) is 5.68. The van der Waals surface area contributed by atoms with Crippen LogP contribution in [-0.2, 0) is 7.05 Å². The molecule has 1 rings (SSSR count). The van der Waals surface area contributed by atoms with Crippen molar-refractivity contribution in [2.45, 2.75) is 11.9 Å². The maximum atomic E-state index is 4.02. The molecule has 0 atom stereocenters. The van der Waals surface area contributed by atoms with Crippen LogP contribution in [0.15, 0.2) is 5.03 Å². The summed E-state index contributed by atoms with van der Waals surface area (Å²) in [6.45, 7) is 1.87. The van der Waals surface area contributed by atoms with Gasteiger partial charge in [-0.25, -0.2) is 0 Å². The van der Waals surface area contributed by atoms with Gasteiger partial charge in [0.25, 0.3) is 0 Å². The van der Waals surface area contributed by atoms with Gasteiger partial charge in [-0.15, -0.1) is 17.7 Å². The predicted molar refractivity (Wildman–Crippen MR) is 33.0 cm³/mol. The minimum absolute atomic E-state index is 0.701. The highest BCUT2D eigenvalue weighted by atomic mass is 32.1. The number of hydrogen-bond donors (Lipinski definition) is 1. The monoisotopic (exact) mass is 129 g/mol. The molecule has 0 saturated carbocycles. The first kappa shape index (κ1) is 5.62. The highest BCUT2D eigenvalue weighted by molar-refractivity contribution is 7.80. The molecular weight excluding hydrogens is 122 g/mol. The third kappa shape index (κ3) is 0.838. The maximum absolute atomic E-state index is 4.02. The van der Waals surface area contributed by atoms with Crippen LogP contribution in [0.4, 0.5) is 0 Å². The van der Waals surface area contributed by atoms with Crippen molar-refractivity contribution in [1.82, 2.24) is 15.0 Å². The average Bonchev–Trinajstić information content (AvgIpc) is 1.85. The minimum Gasteiger partial charge on any atom is -0.187 e. The Morgan fingerprint density at radius 3 is 2.25 bits per heavy atom. The lowest BCUT2D eigenvalue weighted by molar-refractivity contribution is 0.639. The number of thiol groups is 1. The molecule has 3 nitrogen and oxygen atoms in total. The van der Waals surface area contributed by atoms with E-state index in [2.05, 4.69) is 22.8 Å². The van der Waals surface area contributed by atoms with Crippen molar-refractivity contribution in [2.75, 3.05) is 0 Å². The van der Waals surface area contributed by atoms with E-state index < -0.39 is 0 Å². The molecule has 0 aliphatic heterocycles. The molecule has 0 aromatic carbocycles. The fourth-order valence-corrected chi connectivity index (χ4v) is 0.668. The summed E-state index contributed by atoms with van der Waals surface area (Å²) in [7, 11) is 1.77. The summed E-state index contributed by atoms with van der Waals surface area (Å²) in [4.78, 5) is 1.50. The number of nitrogens with zero attached hydrogens (tertiary/aromatic N) is 3. The quantitative estimate of drug-likeness (QED) is 0.514. The highest BCUT2D eigenvalue weighted by Gasteiger charge is 1.95. The molecule has 0 N–H and O–H groups in total. The normalized spacial score (nSPS) is 9.88. The van der Waals surface area contributed by atoms with Gasteiger partial charge in [-0.2, -0.15) is 9.90 Å². The fraction of sp³-hybridized carbons (Fsp3) is 0.500. The van der Waals surface area contributed by atoms with E-state index in [1.165, 1.54) is 4.80 Å². The van der Waals surface area contributed by atoms with Crippen molar-refractivity contribution in [1.29, 1.82) is 0 Å². The SMILES string of the molecule is Cc1nn(C)nc1S. The molecular formula is C4H7N3S. The Balaban J connectivity index is 3.14. The van der Waals surface area contributed by atoms with Crippen LogP contribution in [0.25, 0.3) is 0 Å². The second kappa shape index (κ2) is 1.78. The van der Waals surface area contributed by atoms with Crippen LogP contribution in [-0.4, -0.2) is 15.0 Å². The van der Waals surface area contributed by atoms with Crippen LogP contribution in [0, 0.1) is 6.92 Å². The van der Waals surface area contributed by atoms with Gasteiger partial charge in [0.1, 0.15) is 5.03 Å². The van der Waals surface area contributed by atoms with E-state index >= 15 is 0 Å². The highest BCUT2D eigenvalue weighted by Crippen LogP contribution is 2.02.